The molecule has 1 fully saturated rings. The van der Waals surface area contributed by atoms with Gasteiger partial charge in [0, 0.05) is 12.1 Å². The van der Waals surface area contributed by atoms with Crippen molar-refractivity contribution in [1.29, 1.82) is 0 Å². The van der Waals surface area contributed by atoms with E-state index in [1.807, 2.05) is 13.8 Å². The van der Waals surface area contributed by atoms with Crippen LogP contribution in [0.15, 0.2) is 0 Å². The highest BCUT2D eigenvalue weighted by molar-refractivity contribution is 7.89. The van der Waals surface area contributed by atoms with Gasteiger partial charge in [-0.05, 0) is 52.4 Å². The van der Waals surface area contributed by atoms with Crippen molar-refractivity contribution in [2.24, 2.45) is 11.8 Å². The molecule has 3 nitrogen and oxygen atoms in total. The van der Waals surface area contributed by atoms with E-state index in [1.165, 1.54) is 12.8 Å². The van der Waals surface area contributed by atoms with Gasteiger partial charge in [0.1, 0.15) is 0 Å². The van der Waals surface area contributed by atoms with E-state index in [9.17, 15) is 8.42 Å². The molecular weight excluding hydrogens is 234 g/mol. The molecule has 0 saturated heterocycles. The van der Waals surface area contributed by atoms with Crippen LogP contribution in [0.1, 0.15) is 54.4 Å². The zero-order valence-corrected chi connectivity index (χ0v) is 12.8. The van der Waals surface area contributed by atoms with Crippen LogP contribution in [-0.4, -0.2) is 30.1 Å². The van der Waals surface area contributed by atoms with E-state index in [-0.39, 0.29) is 10.8 Å². The van der Waals surface area contributed by atoms with Gasteiger partial charge in [-0.2, -0.15) is 4.31 Å². The Balaban J connectivity index is 3.02. The Kier molecular flexibility index (Phi) is 4.30. The van der Waals surface area contributed by atoms with Crippen LogP contribution in [0.25, 0.3) is 0 Å². The van der Waals surface area contributed by atoms with E-state index in [0.717, 1.165) is 0 Å². The van der Waals surface area contributed by atoms with Crippen LogP contribution >= 0.6 is 0 Å². The quantitative estimate of drug-likeness (QED) is 0.737. The van der Waals surface area contributed by atoms with Crippen LogP contribution in [-0.2, 0) is 10.0 Å². The fourth-order valence-corrected chi connectivity index (χ4v) is 3.54. The molecule has 0 aromatic rings. The minimum atomic E-state index is -3.16. The molecule has 0 aromatic heterocycles. The van der Waals surface area contributed by atoms with E-state index in [2.05, 4.69) is 13.8 Å². The molecule has 0 heterocycles. The Bertz CT molecular complexity index is 354. The van der Waals surface area contributed by atoms with Crippen molar-refractivity contribution >= 4 is 10.0 Å². The van der Waals surface area contributed by atoms with E-state index in [1.54, 1.807) is 18.2 Å². The summed E-state index contributed by atoms with van der Waals surface area (Å²) in [6, 6.07) is 0. The summed E-state index contributed by atoms with van der Waals surface area (Å²) in [7, 11) is -3.16. The number of hydrogen-bond donors (Lipinski definition) is 0. The first kappa shape index (κ1) is 15.0. The summed E-state index contributed by atoms with van der Waals surface area (Å²) in [5.74, 6) is 0.899. The Morgan fingerprint density at radius 1 is 1.18 bits per heavy atom. The molecule has 1 aliphatic rings. The van der Waals surface area contributed by atoms with Gasteiger partial charge in [0.2, 0.25) is 10.0 Å². The molecular formula is C13H27NO2S. The first-order valence-electron chi connectivity index (χ1n) is 6.61. The lowest BCUT2D eigenvalue weighted by Crippen LogP contribution is -2.53. The van der Waals surface area contributed by atoms with Crippen molar-refractivity contribution < 1.29 is 8.42 Å². The number of hydrogen-bond acceptors (Lipinski definition) is 2. The van der Waals surface area contributed by atoms with Crippen molar-refractivity contribution in [2.75, 3.05) is 6.54 Å². The molecule has 1 saturated carbocycles. The first-order valence-corrected chi connectivity index (χ1v) is 8.12. The topological polar surface area (TPSA) is 37.4 Å². The fraction of sp³-hybridized carbons (Fsp3) is 1.00. The predicted molar refractivity (Wildman–Crippen MR) is 72.4 cm³/mol. The molecule has 0 bridgehead atoms. The van der Waals surface area contributed by atoms with Crippen molar-refractivity contribution in [3.8, 4) is 0 Å². The minimum absolute atomic E-state index is 0.300. The van der Waals surface area contributed by atoms with E-state index < -0.39 is 10.0 Å². The third-order valence-corrected chi connectivity index (χ3v) is 6.50. The lowest BCUT2D eigenvalue weighted by Gasteiger charge is -2.41. The van der Waals surface area contributed by atoms with Gasteiger partial charge in [0.25, 0.3) is 0 Å². The molecule has 0 aromatic carbocycles. The second-order valence-corrected chi connectivity index (χ2v) is 8.79. The first-order chi connectivity index (χ1) is 7.60. The van der Waals surface area contributed by atoms with E-state index in [0.29, 0.717) is 18.4 Å². The average Bonchev–Trinajstić information content (AvgIpc) is 2.96. The summed E-state index contributed by atoms with van der Waals surface area (Å²) in [6.07, 6.45) is 2.36. The normalized spacial score (nSPS) is 18.4. The molecule has 0 spiro atoms. The molecule has 102 valence electrons. The molecule has 4 heteroatoms. The Morgan fingerprint density at radius 3 is 1.94 bits per heavy atom. The van der Waals surface area contributed by atoms with Crippen LogP contribution in [0.4, 0.5) is 0 Å². The lowest BCUT2D eigenvalue weighted by atomic mass is 9.90. The Morgan fingerprint density at radius 2 is 1.65 bits per heavy atom. The van der Waals surface area contributed by atoms with Crippen molar-refractivity contribution in [3.63, 3.8) is 0 Å². The predicted octanol–water partition coefficient (Wildman–Crippen LogP) is 2.87. The zero-order chi connectivity index (χ0) is 13.4. The van der Waals surface area contributed by atoms with Crippen LogP contribution in [0, 0.1) is 11.8 Å². The molecule has 0 N–H and O–H groups in total. The number of nitrogens with zero attached hydrogens (tertiary/aromatic N) is 1. The lowest BCUT2D eigenvalue weighted by molar-refractivity contribution is 0.159. The standard InChI is InChI=1S/C13H27NO2S/c1-10(2)13(5,6)14(9-12-7-8-12)17(15,16)11(3)4/h10-12H,7-9H2,1-6H3. The van der Waals surface area contributed by atoms with E-state index >= 15 is 0 Å². The summed E-state index contributed by atoms with van der Waals surface area (Å²) >= 11 is 0. The molecule has 1 aliphatic carbocycles. The fourth-order valence-electron chi connectivity index (χ4n) is 1.74. The summed E-state index contributed by atoms with van der Waals surface area (Å²) in [5, 5.41) is -0.334. The van der Waals surface area contributed by atoms with Gasteiger partial charge in [0.05, 0.1) is 5.25 Å². The maximum Gasteiger partial charge on any atom is 0.216 e. The Labute approximate surface area is 107 Å². The molecule has 1 rings (SSSR count). The highest BCUT2D eigenvalue weighted by Gasteiger charge is 2.42. The van der Waals surface area contributed by atoms with Crippen molar-refractivity contribution in [3.05, 3.63) is 0 Å². The van der Waals surface area contributed by atoms with Crippen LogP contribution in [0.3, 0.4) is 0 Å². The van der Waals surface area contributed by atoms with Gasteiger partial charge >= 0.3 is 0 Å². The smallest absolute Gasteiger partial charge is 0.212 e. The highest BCUT2D eigenvalue weighted by atomic mass is 32.2. The number of rotatable bonds is 6. The van der Waals surface area contributed by atoms with Gasteiger partial charge in [-0.25, -0.2) is 8.42 Å². The molecule has 17 heavy (non-hydrogen) atoms. The highest BCUT2D eigenvalue weighted by Crippen LogP contribution is 2.36. The minimum Gasteiger partial charge on any atom is -0.212 e. The molecule has 0 amide bonds. The van der Waals surface area contributed by atoms with Crippen LogP contribution in [0.2, 0.25) is 0 Å². The van der Waals surface area contributed by atoms with Gasteiger partial charge in [-0.3, -0.25) is 0 Å². The number of sulfonamides is 1. The molecule has 0 radical (unpaired) electrons. The van der Waals surface area contributed by atoms with Crippen molar-refractivity contribution in [1.82, 2.24) is 4.31 Å². The SMILES string of the molecule is CC(C)C(C)(C)N(CC1CC1)S(=O)(=O)C(C)C. The zero-order valence-electron chi connectivity index (χ0n) is 12.0. The van der Waals surface area contributed by atoms with E-state index in [4.69, 9.17) is 0 Å². The summed E-state index contributed by atoms with van der Waals surface area (Å²) < 4.78 is 26.7. The third kappa shape index (κ3) is 3.22. The van der Waals surface area contributed by atoms with Crippen LogP contribution < -0.4 is 0 Å². The van der Waals surface area contributed by atoms with Crippen molar-refractivity contribution in [2.45, 2.75) is 65.2 Å². The maximum atomic E-state index is 12.5. The summed E-state index contributed by atoms with van der Waals surface area (Å²) in [5.41, 5.74) is -0.300. The van der Waals surface area contributed by atoms with Crippen LogP contribution in [0.5, 0.6) is 0 Å². The monoisotopic (exact) mass is 261 g/mol. The second-order valence-electron chi connectivity index (χ2n) is 6.38. The molecule has 0 atom stereocenters. The Hall–Kier alpha value is -0.0900. The maximum absolute atomic E-state index is 12.5. The second kappa shape index (κ2) is 4.88. The van der Waals surface area contributed by atoms with Gasteiger partial charge in [-0.15, -0.1) is 0 Å². The molecule has 0 unspecified atom stereocenters. The summed E-state index contributed by atoms with van der Waals surface area (Å²) in [4.78, 5) is 0. The van der Waals surface area contributed by atoms with Gasteiger partial charge < -0.3 is 0 Å². The van der Waals surface area contributed by atoms with Gasteiger partial charge in [-0.1, -0.05) is 13.8 Å². The van der Waals surface area contributed by atoms with Gasteiger partial charge in [0.15, 0.2) is 0 Å². The molecule has 0 aliphatic heterocycles. The largest absolute Gasteiger partial charge is 0.216 e. The summed E-state index contributed by atoms with van der Waals surface area (Å²) in [6.45, 7) is 12.5. The average molecular weight is 261 g/mol. The third-order valence-electron chi connectivity index (χ3n) is 4.08.